The molecule has 0 aliphatic heterocycles. The van der Waals surface area contributed by atoms with E-state index >= 15 is 0 Å². The fourth-order valence-corrected chi connectivity index (χ4v) is 2.15. The van der Waals surface area contributed by atoms with E-state index in [4.69, 9.17) is 5.73 Å². The van der Waals surface area contributed by atoms with Crippen LogP contribution in [-0.2, 0) is 0 Å². The van der Waals surface area contributed by atoms with E-state index in [9.17, 15) is 0 Å². The Morgan fingerprint density at radius 2 is 2.12 bits per heavy atom. The summed E-state index contributed by atoms with van der Waals surface area (Å²) in [6, 6.07) is 2.10. The van der Waals surface area contributed by atoms with Gasteiger partial charge in [0.15, 0.2) is 0 Å². The van der Waals surface area contributed by atoms with Crippen LogP contribution < -0.4 is 10.6 Å². The van der Waals surface area contributed by atoms with Crippen molar-refractivity contribution in [3.8, 4) is 0 Å². The Hall–Kier alpha value is -0.610. The highest BCUT2D eigenvalue weighted by Crippen LogP contribution is 2.19. The van der Waals surface area contributed by atoms with Gasteiger partial charge in [0.1, 0.15) is 5.82 Å². The quantitative estimate of drug-likeness (QED) is 0.818. The van der Waals surface area contributed by atoms with E-state index in [1.54, 1.807) is 0 Å². The first-order chi connectivity index (χ1) is 7.65. The molecule has 0 aliphatic rings. The zero-order chi connectivity index (χ0) is 12.0. The van der Waals surface area contributed by atoms with Gasteiger partial charge >= 0.3 is 0 Å². The largest absolute Gasteiger partial charge is 0.359 e. The van der Waals surface area contributed by atoms with Crippen molar-refractivity contribution < 1.29 is 0 Å². The molecular formula is C12H20BrN3. The topological polar surface area (TPSA) is 42.2 Å². The van der Waals surface area contributed by atoms with Crippen molar-refractivity contribution in [2.24, 2.45) is 5.73 Å². The number of hydrogen-bond donors (Lipinski definition) is 1. The van der Waals surface area contributed by atoms with Crippen LogP contribution in [0, 0.1) is 6.92 Å². The Morgan fingerprint density at radius 1 is 1.38 bits per heavy atom. The Kier molecular flexibility index (Phi) is 5.77. The molecule has 2 N–H and O–H groups in total. The number of nitrogens with two attached hydrogens (primary N) is 1. The molecule has 0 bridgehead atoms. The van der Waals surface area contributed by atoms with E-state index < -0.39 is 0 Å². The number of pyridine rings is 1. The second-order valence-electron chi connectivity index (χ2n) is 4.06. The number of halogens is 1. The number of rotatable bonds is 6. The molecule has 1 rings (SSSR count). The SMILES string of the molecule is Cc1cc(Br)cnc1N(C)CCCCCN. The standard InChI is InChI=1S/C12H20BrN3/c1-10-8-11(13)9-15-12(10)16(2)7-5-3-4-6-14/h8-9H,3-7,14H2,1-2H3. The molecule has 90 valence electrons. The number of aryl methyl sites for hydroxylation is 1. The van der Waals surface area contributed by atoms with Crippen molar-refractivity contribution >= 4 is 21.7 Å². The molecule has 0 aromatic carbocycles. The van der Waals surface area contributed by atoms with Gasteiger partial charge in [-0.25, -0.2) is 4.98 Å². The molecule has 0 amide bonds. The molecule has 0 unspecified atom stereocenters. The lowest BCUT2D eigenvalue weighted by atomic mass is 10.2. The van der Waals surface area contributed by atoms with Gasteiger partial charge in [-0.2, -0.15) is 0 Å². The summed E-state index contributed by atoms with van der Waals surface area (Å²) in [5.74, 6) is 1.07. The minimum Gasteiger partial charge on any atom is -0.359 e. The van der Waals surface area contributed by atoms with Crippen molar-refractivity contribution in [1.29, 1.82) is 0 Å². The van der Waals surface area contributed by atoms with Gasteiger partial charge in [0.25, 0.3) is 0 Å². The van der Waals surface area contributed by atoms with E-state index in [1.165, 1.54) is 18.4 Å². The molecule has 0 spiro atoms. The molecule has 0 saturated carbocycles. The molecule has 0 aliphatic carbocycles. The highest BCUT2D eigenvalue weighted by Gasteiger charge is 2.05. The van der Waals surface area contributed by atoms with Crippen LogP contribution in [0.2, 0.25) is 0 Å². The molecule has 3 nitrogen and oxygen atoms in total. The Morgan fingerprint density at radius 3 is 2.75 bits per heavy atom. The van der Waals surface area contributed by atoms with Gasteiger partial charge in [-0.15, -0.1) is 0 Å². The predicted molar refractivity (Wildman–Crippen MR) is 72.8 cm³/mol. The van der Waals surface area contributed by atoms with Crippen LogP contribution in [0.25, 0.3) is 0 Å². The average Bonchev–Trinajstić information content (AvgIpc) is 2.24. The minimum absolute atomic E-state index is 0.791. The van der Waals surface area contributed by atoms with Gasteiger partial charge in [-0.3, -0.25) is 0 Å². The Balaban J connectivity index is 2.49. The molecule has 16 heavy (non-hydrogen) atoms. The monoisotopic (exact) mass is 285 g/mol. The number of unbranched alkanes of at least 4 members (excludes halogenated alkanes) is 2. The number of anilines is 1. The van der Waals surface area contributed by atoms with Gasteiger partial charge in [-0.1, -0.05) is 6.42 Å². The zero-order valence-corrected chi connectivity index (χ0v) is 11.6. The van der Waals surface area contributed by atoms with Crippen molar-refractivity contribution in [3.05, 3.63) is 22.3 Å². The number of nitrogens with zero attached hydrogens (tertiary/aromatic N) is 2. The maximum absolute atomic E-state index is 5.47. The summed E-state index contributed by atoms with van der Waals surface area (Å²) < 4.78 is 1.03. The normalized spacial score (nSPS) is 10.5. The minimum atomic E-state index is 0.791. The van der Waals surface area contributed by atoms with Crippen LogP contribution in [0.5, 0.6) is 0 Å². The predicted octanol–water partition coefficient (Wildman–Crippen LogP) is 2.72. The second kappa shape index (κ2) is 6.86. The third kappa shape index (κ3) is 4.10. The van der Waals surface area contributed by atoms with E-state index in [0.29, 0.717) is 0 Å². The van der Waals surface area contributed by atoms with Crippen molar-refractivity contribution in [2.75, 3.05) is 25.0 Å². The smallest absolute Gasteiger partial charge is 0.131 e. The maximum Gasteiger partial charge on any atom is 0.131 e. The summed E-state index contributed by atoms with van der Waals surface area (Å²) in [6.45, 7) is 3.91. The molecule has 1 aromatic heterocycles. The first-order valence-electron chi connectivity index (χ1n) is 5.68. The number of hydrogen-bond acceptors (Lipinski definition) is 3. The van der Waals surface area contributed by atoms with Crippen LogP contribution in [0.15, 0.2) is 16.7 Å². The lowest BCUT2D eigenvalue weighted by Crippen LogP contribution is -2.20. The van der Waals surface area contributed by atoms with Crippen LogP contribution >= 0.6 is 15.9 Å². The first-order valence-corrected chi connectivity index (χ1v) is 6.48. The lowest BCUT2D eigenvalue weighted by Gasteiger charge is -2.20. The van der Waals surface area contributed by atoms with Gasteiger partial charge in [0.05, 0.1) is 0 Å². The van der Waals surface area contributed by atoms with E-state index in [2.05, 4.69) is 45.9 Å². The second-order valence-corrected chi connectivity index (χ2v) is 4.98. The van der Waals surface area contributed by atoms with Crippen molar-refractivity contribution in [3.63, 3.8) is 0 Å². The highest BCUT2D eigenvalue weighted by atomic mass is 79.9. The fraction of sp³-hybridized carbons (Fsp3) is 0.583. The third-order valence-electron chi connectivity index (χ3n) is 2.58. The summed E-state index contributed by atoms with van der Waals surface area (Å²) in [5.41, 5.74) is 6.67. The first kappa shape index (κ1) is 13.5. The van der Waals surface area contributed by atoms with E-state index in [1.807, 2.05) is 6.20 Å². The van der Waals surface area contributed by atoms with E-state index in [-0.39, 0.29) is 0 Å². The molecule has 1 aromatic rings. The van der Waals surface area contributed by atoms with Crippen LogP contribution in [-0.4, -0.2) is 25.1 Å². The highest BCUT2D eigenvalue weighted by molar-refractivity contribution is 9.10. The van der Waals surface area contributed by atoms with Gasteiger partial charge in [0.2, 0.25) is 0 Å². The molecule has 1 heterocycles. The third-order valence-corrected chi connectivity index (χ3v) is 3.01. The molecule has 0 atom stereocenters. The average molecular weight is 286 g/mol. The molecule has 0 fully saturated rings. The lowest BCUT2D eigenvalue weighted by molar-refractivity contribution is 0.675. The van der Waals surface area contributed by atoms with Crippen LogP contribution in [0.1, 0.15) is 24.8 Å². The molecule has 0 radical (unpaired) electrons. The Bertz CT molecular complexity index is 328. The summed E-state index contributed by atoms with van der Waals surface area (Å²) >= 11 is 3.42. The zero-order valence-electron chi connectivity index (χ0n) is 10.0. The van der Waals surface area contributed by atoms with Gasteiger partial charge < -0.3 is 10.6 Å². The Labute approximate surface area is 106 Å². The summed E-state index contributed by atoms with van der Waals surface area (Å²) in [5, 5.41) is 0. The molecular weight excluding hydrogens is 266 g/mol. The van der Waals surface area contributed by atoms with Crippen LogP contribution in [0.3, 0.4) is 0 Å². The van der Waals surface area contributed by atoms with Gasteiger partial charge in [-0.05, 0) is 53.9 Å². The summed E-state index contributed by atoms with van der Waals surface area (Å²) in [6.07, 6.45) is 5.32. The van der Waals surface area contributed by atoms with Crippen molar-refractivity contribution in [2.45, 2.75) is 26.2 Å². The van der Waals surface area contributed by atoms with E-state index in [0.717, 1.165) is 29.8 Å². The summed E-state index contributed by atoms with van der Waals surface area (Å²) in [7, 11) is 2.09. The van der Waals surface area contributed by atoms with Crippen LogP contribution in [0.4, 0.5) is 5.82 Å². The molecule has 0 saturated heterocycles. The molecule has 4 heteroatoms. The van der Waals surface area contributed by atoms with Gasteiger partial charge in [0, 0.05) is 24.3 Å². The number of aromatic nitrogens is 1. The fourth-order valence-electron chi connectivity index (χ4n) is 1.71. The summed E-state index contributed by atoms with van der Waals surface area (Å²) in [4.78, 5) is 6.64. The maximum atomic E-state index is 5.47. The van der Waals surface area contributed by atoms with Crippen molar-refractivity contribution in [1.82, 2.24) is 4.98 Å².